The first kappa shape index (κ1) is 22.7. The molecular formula is C21H23F2N7O3S2. The van der Waals surface area contributed by atoms with E-state index in [4.69, 9.17) is 0 Å². The van der Waals surface area contributed by atoms with Crippen LogP contribution in [0.15, 0.2) is 23.4 Å². The number of carbonyl (C=O) groups is 1. The smallest absolute Gasteiger partial charge is 0.291 e. The Labute approximate surface area is 204 Å². The summed E-state index contributed by atoms with van der Waals surface area (Å²) < 4.78 is 57.2. The zero-order valence-corrected chi connectivity index (χ0v) is 20.4. The molecule has 10 nitrogen and oxygen atoms in total. The molecule has 2 saturated heterocycles. The third-order valence-corrected chi connectivity index (χ3v) is 9.49. The first-order valence-electron chi connectivity index (χ1n) is 11.3. The van der Waals surface area contributed by atoms with E-state index in [1.54, 1.807) is 10.5 Å². The average Bonchev–Trinajstić information content (AvgIpc) is 3.22. The predicted molar refractivity (Wildman–Crippen MR) is 124 cm³/mol. The van der Waals surface area contributed by atoms with E-state index >= 15 is 0 Å². The number of pyridine rings is 1. The van der Waals surface area contributed by atoms with Gasteiger partial charge >= 0.3 is 0 Å². The molecule has 0 aromatic carbocycles. The lowest BCUT2D eigenvalue weighted by atomic mass is 10.1. The van der Waals surface area contributed by atoms with Crippen LogP contribution in [-0.2, 0) is 14.8 Å². The fourth-order valence-corrected chi connectivity index (χ4v) is 6.95. The monoisotopic (exact) mass is 523 g/mol. The van der Waals surface area contributed by atoms with Crippen LogP contribution < -0.4 is 9.62 Å². The van der Waals surface area contributed by atoms with E-state index in [0.717, 1.165) is 30.6 Å². The summed E-state index contributed by atoms with van der Waals surface area (Å²) in [6, 6.07) is 1.67. The summed E-state index contributed by atoms with van der Waals surface area (Å²) in [5, 5.41) is 7.26. The van der Waals surface area contributed by atoms with E-state index in [1.165, 1.54) is 12.4 Å². The number of nitrogens with zero attached hydrogens (tertiary/aromatic N) is 6. The molecular weight excluding hydrogens is 500 g/mol. The number of anilines is 1. The lowest BCUT2D eigenvalue weighted by molar-refractivity contribution is -0.129. The van der Waals surface area contributed by atoms with Crippen LogP contribution >= 0.6 is 11.3 Å². The Hall–Kier alpha value is -2.71. The fourth-order valence-electron chi connectivity index (χ4n) is 4.77. The Morgan fingerprint density at radius 1 is 1.26 bits per heavy atom. The lowest BCUT2D eigenvalue weighted by Gasteiger charge is -2.39. The highest BCUT2D eigenvalue weighted by Gasteiger charge is 2.42. The predicted octanol–water partition coefficient (Wildman–Crippen LogP) is 2.43. The normalized spacial score (nSPS) is 21.8. The standard InChI is InChI=1S/C21H23F2N7O3S2/c1-21(4-5-21)27-35(32,33)13-8-14(28-6-7-29-12(10-28)2-3-16(29)31)18-24-9-15(30(18)11-13)19-25-26-20(34-19)17(22)23/h8-9,11-12,17,27H,2-7,10H2,1H3/t12-/m0/s1. The minimum Gasteiger partial charge on any atom is -0.365 e. The fraction of sp³-hybridized carbons (Fsp3) is 0.524. The number of imidazole rings is 1. The largest absolute Gasteiger partial charge is 0.365 e. The molecule has 2 aliphatic heterocycles. The van der Waals surface area contributed by atoms with Crippen LogP contribution in [0.5, 0.6) is 0 Å². The number of hydrogen-bond donors (Lipinski definition) is 1. The Bertz CT molecular complexity index is 1430. The maximum absolute atomic E-state index is 13.3. The minimum atomic E-state index is -3.86. The molecule has 3 fully saturated rings. The molecule has 0 unspecified atom stereocenters. The number of fused-ring (bicyclic) bond motifs is 2. The van der Waals surface area contributed by atoms with Crippen LogP contribution in [0.2, 0.25) is 0 Å². The van der Waals surface area contributed by atoms with Crippen molar-refractivity contribution in [1.29, 1.82) is 0 Å². The minimum absolute atomic E-state index is 0.0518. The van der Waals surface area contributed by atoms with Gasteiger partial charge in [0, 0.05) is 43.8 Å². The first-order valence-corrected chi connectivity index (χ1v) is 13.6. The van der Waals surface area contributed by atoms with Gasteiger partial charge in [-0.3, -0.25) is 9.20 Å². The molecule has 35 heavy (non-hydrogen) atoms. The molecule has 1 amide bonds. The van der Waals surface area contributed by atoms with Crippen molar-refractivity contribution >= 4 is 38.6 Å². The summed E-state index contributed by atoms with van der Waals surface area (Å²) in [6.07, 6.45) is 2.99. The number of halogens is 2. The van der Waals surface area contributed by atoms with Gasteiger partial charge in [-0.15, -0.1) is 10.2 Å². The van der Waals surface area contributed by atoms with Crippen molar-refractivity contribution in [2.24, 2.45) is 0 Å². The van der Waals surface area contributed by atoms with Crippen molar-refractivity contribution < 1.29 is 22.0 Å². The number of aromatic nitrogens is 4. The van der Waals surface area contributed by atoms with Gasteiger partial charge in [0.05, 0.1) is 11.9 Å². The molecule has 5 heterocycles. The molecule has 1 aliphatic carbocycles. The van der Waals surface area contributed by atoms with Gasteiger partial charge < -0.3 is 9.80 Å². The van der Waals surface area contributed by atoms with Gasteiger partial charge in [0.25, 0.3) is 6.43 Å². The van der Waals surface area contributed by atoms with E-state index in [1.807, 2.05) is 11.8 Å². The molecule has 3 aliphatic rings. The SMILES string of the molecule is CC1(NS(=O)(=O)c2cc(N3CCN4C(=O)CC[C@H]4C3)c3ncc(-c4nnc(C(F)F)s4)n3c2)CC1. The highest BCUT2D eigenvalue weighted by atomic mass is 32.2. The van der Waals surface area contributed by atoms with Crippen molar-refractivity contribution in [2.75, 3.05) is 24.5 Å². The van der Waals surface area contributed by atoms with Gasteiger partial charge in [-0.1, -0.05) is 11.3 Å². The van der Waals surface area contributed by atoms with Crippen molar-refractivity contribution in [3.8, 4) is 10.7 Å². The third-order valence-electron chi connectivity index (χ3n) is 6.93. The van der Waals surface area contributed by atoms with Gasteiger partial charge in [-0.05, 0) is 32.3 Å². The van der Waals surface area contributed by atoms with Crippen LogP contribution in [0.4, 0.5) is 14.5 Å². The number of carbonyl (C=O) groups excluding carboxylic acids is 1. The van der Waals surface area contributed by atoms with E-state index < -0.39 is 27.0 Å². The molecule has 0 radical (unpaired) electrons. The number of hydrogen-bond acceptors (Lipinski definition) is 8. The van der Waals surface area contributed by atoms with Crippen LogP contribution in [0, 0.1) is 0 Å². The van der Waals surface area contributed by atoms with Gasteiger partial charge in [0.15, 0.2) is 15.7 Å². The zero-order chi connectivity index (χ0) is 24.5. The maximum atomic E-state index is 13.3. The molecule has 3 aromatic heterocycles. The summed E-state index contributed by atoms with van der Waals surface area (Å²) in [6.45, 7) is 3.50. The van der Waals surface area contributed by atoms with Gasteiger partial charge in [0.2, 0.25) is 15.9 Å². The molecule has 1 N–H and O–H groups in total. The Morgan fingerprint density at radius 3 is 2.77 bits per heavy atom. The molecule has 3 aromatic rings. The number of alkyl halides is 2. The zero-order valence-electron chi connectivity index (χ0n) is 18.8. The number of rotatable bonds is 6. The van der Waals surface area contributed by atoms with Crippen molar-refractivity contribution in [1.82, 2.24) is 29.2 Å². The van der Waals surface area contributed by atoms with Crippen LogP contribution in [0.3, 0.4) is 0 Å². The summed E-state index contributed by atoms with van der Waals surface area (Å²) in [5.41, 5.74) is 1.02. The number of amides is 1. The highest BCUT2D eigenvalue weighted by molar-refractivity contribution is 7.89. The van der Waals surface area contributed by atoms with Crippen LogP contribution in [-0.4, -0.2) is 70.0 Å². The number of sulfonamides is 1. The van der Waals surface area contributed by atoms with E-state index in [-0.39, 0.29) is 21.9 Å². The van der Waals surface area contributed by atoms with Crippen molar-refractivity contribution in [3.05, 3.63) is 23.5 Å². The molecule has 1 saturated carbocycles. The average molecular weight is 524 g/mol. The lowest BCUT2D eigenvalue weighted by Crippen LogP contribution is -2.51. The second-order valence-electron chi connectivity index (χ2n) is 9.54. The second kappa shape index (κ2) is 7.90. The number of nitrogens with one attached hydrogen (secondary N) is 1. The number of piperazine rings is 1. The quantitative estimate of drug-likeness (QED) is 0.528. The van der Waals surface area contributed by atoms with Gasteiger partial charge in [-0.2, -0.15) is 0 Å². The van der Waals surface area contributed by atoms with Crippen LogP contribution in [0.25, 0.3) is 16.3 Å². The summed E-state index contributed by atoms with van der Waals surface area (Å²) >= 11 is 0.745. The molecule has 14 heteroatoms. The molecule has 186 valence electrons. The highest BCUT2D eigenvalue weighted by Crippen LogP contribution is 2.38. The van der Waals surface area contributed by atoms with Crippen LogP contribution in [0.1, 0.15) is 44.0 Å². The van der Waals surface area contributed by atoms with E-state index in [2.05, 4.69) is 24.8 Å². The van der Waals surface area contributed by atoms with Gasteiger partial charge in [0.1, 0.15) is 10.6 Å². The molecule has 6 rings (SSSR count). The summed E-state index contributed by atoms with van der Waals surface area (Å²) in [5.74, 6) is 0.146. The molecule has 1 atom stereocenters. The molecule has 0 spiro atoms. The Morgan fingerprint density at radius 2 is 2.06 bits per heavy atom. The Balaban J connectivity index is 1.47. The van der Waals surface area contributed by atoms with Crippen molar-refractivity contribution in [2.45, 2.75) is 55.5 Å². The third kappa shape index (κ3) is 3.96. The van der Waals surface area contributed by atoms with E-state index in [0.29, 0.717) is 43.1 Å². The summed E-state index contributed by atoms with van der Waals surface area (Å²) in [4.78, 5) is 20.6. The first-order chi connectivity index (χ1) is 16.6. The maximum Gasteiger partial charge on any atom is 0.291 e. The van der Waals surface area contributed by atoms with Crippen molar-refractivity contribution in [3.63, 3.8) is 0 Å². The topological polar surface area (TPSA) is 113 Å². The van der Waals surface area contributed by atoms with Gasteiger partial charge in [-0.25, -0.2) is 26.9 Å². The van der Waals surface area contributed by atoms with E-state index in [9.17, 15) is 22.0 Å². The molecule has 0 bridgehead atoms. The summed E-state index contributed by atoms with van der Waals surface area (Å²) in [7, 11) is -3.86. The second-order valence-corrected chi connectivity index (χ2v) is 12.2. The Kier molecular flexibility index (Phi) is 5.13.